The summed E-state index contributed by atoms with van der Waals surface area (Å²) in [5.41, 5.74) is 10.9. The van der Waals surface area contributed by atoms with Crippen LogP contribution in [-0.2, 0) is 0 Å². The number of pyridine rings is 1. The van der Waals surface area contributed by atoms with Crippen LogP contribution in [-0.4, -0.2) is 4.98 Å². The maximum Gasteiger partial charge on any atom is 0.123 e. The zero-order chi connectivity index (χ0) is 13.3. The van der Waals surface area contributed by atoms with E-state index in [4.69, 9.17) is 5.73 Å². The van der Waals surface area contributed by atoms with Gasteiger partial charge >= 0.3 is 0 Å². The second-order valence-electron chi connectivity index (χ2n) is 4.61. The van der Waals surface area contributed by atoms with E-state index in [0.29, 0.717) is 0 Å². The molecule has 2 rings (SSSR count). The lowest BCUT2D eigenvalue weighted by Crippen LogP contribution is -2.15. The summed E-state index contributed by atoms with van der Waals surface area (Å²) in [4.78, 5) is 4.41. The quantitative estimate of drug-likeness (QED) is 0.881. The van der Waals surface area contributed by atoms with Crippen molar-refractivity contribution >= 4 is 0 Å². The van der Waals surface area contributed by atoms with Crippen LogP contribution in [0.1, 0.15) is 34.1 Å². The van der Waals surface area contributed by atoms with E-state index >= 15 is 0 Å². The number of aryl methyl sites for hydroxylation is 3. The Bertz CT molecular complexity index is 527. The number of hydrogen-bond donors (Lipinski definition) is 1. The molecule has 0 bridgehead atoms. The number of aromatic nitrogens is 1. The number of nitrogens with two attached hydrogens (primary N) is 1. The summed E-state index contributed by atoms with van der Waals surface area (Å²) in [6, 6.07) is 8.37. The molecule has 0 aliphatic carbocycles. The van der Waals surface area contributed by atoms with Crippen molar-refractivity contribution < 1.29 is 4.39 Å². The van der Waals surface area contributed by atoms with Gasteiger partial charge in [-0.05, 0) is 55.7 Å². The van der Waals surface area contributed by atoms with E-state index in [0.717, 1.165) is 28.1 Å². The predicted molar refractivity (Wildman–Crippen MR) is 70.9 cm³/mol. The van der Waals surface area contributed by atoms with Gasteiger partial charge in [-0.3, -0.25) is 4.98 Å². The number of nitrogens with zero attached hydrogens (tertiary/aromatic N) is 1. The van der Waals surface area contributed by atoms with Crippen LogP contribution in [0.15, 0.2) is 30.3 Å². The predicted octanol–water partition coefficient (Wildman–Crippen LogP) is 3.19. The van der Waals surface area contributed by atoms with Gasteiger partial charge in [0.05, 0.1) is 6.04 Å². The molecule has 0 saturated carbocycles. The van der Waals surface area contributed by atoms with Gasteiger partial charge in [0.1, 0.15) is 5.82 Å². The molecule has 2 N–H and O–H groups in total. The van der Waals surface area contributed by atoms with E-state index in [1.54, 1.807) is 6.07 Å². The van der Waals surface area contributed by atoms with Crippen LogP contribution >= 0.6 is 0 Å². The van der Waals surface area contributed by atoms with Gasteiger partial charge in [0.25, 0.3) is 0 Å². The second-order valence-corrected chi connectivity index (χ2v) is 4.61. The molecule has 0 amide bonds. The van der Waals surface area contributed by atoms with Gasteiger partial charge in [0.2, 0.25) is 0 Å². The highest BCUT2D eigenvalue weighted by Crippen LogP contribution is 2.25. The average Bonchev–Trinajstić information content (AvgIpc) is 2.28. The molecule has 2 nitrogen and oxygen atoms in total. The van der Waals surface area contributed by atoms with Gasteiger partial charge in [-0.1, -0.05) is 12.1 Å². The van der Waals surface area contributed by atoms with Gasteiger partial charge in [-0.25, -0.2) is 4.39 Å². The summed E-state index contributed by atoms with van der Waals surface area (Å²) < 4.78 is 13.1. The third-order valence-corrected chi connectivity index (χ3v) is 3.17. The number of halogens is 1. The fraction of sp³-hybridized carbons (Fsp3) is 0.267. The Morgan fingerprint density at radius 2 is 1.72 bits per heavy atom. The summed E-state index contributed by atoms with van der Waals surface area (Å²) in [7, 11) is 0. The maximum absolute atomic E-state index is 13.1. The first-order valence-electron chi connectivity index (χ1n) is 5.95. The lowest BCUT2D eigenvalue weighted by atomic mass is 9.95. The molecule has 0 saturated heterocycles. The topological polar surface area (TPSA) is 38.9 Å². The smallest absolute Gasteiger partial charge is 0.123 e. The van der Waals surface area contributed by atoms with E-state index in [1.165, 1.54) is 12.1 Å². The Balaban J connectivity index is 2.44. The Morgan fingerprint density at radius 1 is 1.06 bits per heavy atom. The van der Waals surface area contributed by atoms with Crippen molar-refractivity contribution in [3.8, 4) is 0 Å². The molecular weight excluding hydrogens is 227 g/mol. The molecule has 0 aliphatic rings. The largest absolute Gasteiger partial charge is 0.320 e. The fourth-order valence-corrected chi connectivity index (χ4v) is 2.18. The van der Waals surface area contributed by atoms with Crippen LogP contribution in [0.25, 0.3) is 0 Å². The van der Waals surface area contributed by atoms with Gasteiger partial charge in [-0.15, -0.1) is 0 Å². The van der Waals surface area contributed by atoms with E-state index in [9.17, 15) is 4.39 Å². The monoisotopic (exact) mass is 244 g/mol. The molecule has 0 radical (unpaired) electrons. The van der Waals surface area contributed by atoms with Crippen LogP contribution in [0.3, 0.4) is 0 Å². The van der Waals surface area contributed by atoms with Crippen molar-refractivity contribution in [3.63, 3.8) is 0 Å². The second kappa shape index (κ2) is 4.86. The number of hydrogen-bond acceptors (Lipinski definition) is 2. The third-order valence-electron chi connectivity index (χ3n) is 3.17. The molecule has 3 heteroatoms. The average molecular weight is 244 g/mol. The van der Waals surface area contributed by atoms with Crippen molar-refractivity contribution in [2.24, 2.45) is 5.73 Å². The molecule has 1 heterocycles. The molecule has 0 fully saturated rings. The van der Waals surface area contributed by atoms with Crippen molar-refractivity contribution in [3.05, 3.63) is 64.2 Å². The van der Waals surface area contributed by atoms with E-state index in [-0.39, 0.29) is 11.9 Å². The Hall–Kier alpha value is -1.74. The van der Waals surface area contributed by atoms with E-state index < -0.39 is 0 Å². The van der Waals surface area contributed by atoms with Gasteiger partial charge in [0.15, 0.2) is 0 Å². The van der Waals surface area contributed by atoms with Gasteiger partial charge in [-0.2, -0.15) is 0 Å². The highest BCUT2D eigenvalue weighted by molar-refractivity contribution is 5.38. The van der Waals surface area contributed by atoms with Crippen LogP contribution in [0, 0.1) is 26.6 Å². The van der Waals surface area contributed by atoms with Crippen LogP contribution in [0.4, 0.5) is 4.39 Å². The maximum atomic E-state index is 13.1. The van der Waals surface area contributed by atoms with Gasteiger partial charge in [0, 0.05) is 11.4 Å². The molecule has 1 unspecified atom stereocenters. The molecular formula is C15H17FN2. The number of rotatable bonds is 2. The zero-order valence-corrected chi connectivity index (χ0v) is 10.9. The molecule has 0 aliphatic heterocycles. The Labute approximate surface area is 107 Å². The summed E-state index contributed by atoms with van der Waals surface area (Å²) >= 11 is 0. The first-order valence-corrected chi connectivity index (χ1v) is 5.95. The molecule has 0 spiro atoms. The lowest BCUT2D eigenvalue weighted by Gasteiger charge is -2.17. The molecule has 1 atom stereocenters. The molecule has 18 heavy (non-hydrogen) atoms. The summed E-state index contributed by atoms with van der Waals surface area (Å²) in [5, 5.41) is 0. The van der Waals surface area contributed by atoms with Crippen LogP contribution in [0.5, 0.6) is 0 Å². The first-order chi connectivity index (χ1) is 8.49. The summed E-state index contributed by atoms with van der Waals surface area (Å²) in [6.07, 6.45) is 0. The SMILES string of the molecule is Cc1ccc(C(N)c2ccc(F)cc2C)c(C)n1. The number of benzene rings is 1. The Morgan fingerprint density at radius 3 is 2.33 bits per heavy atom. The minimum atomic E-state index is -0.265. The minimum Gasteiger partial charge on any atom is -0.320 e. The first kappa shape index (κ1) is 12.7. The summed E-state index contributed by atoms with van der Waals surface area (Å²) in [6.45, 7) is 5.77. The molecule has 94 valence electrons. The van der Waals surface area contributed by atoms with E-state index in [2.05, 4.69) is 4.98 Å². The molecule has 2 aromatic rings. The molecule has 1 aromatic heterocycles. The summed E-state index contributed by atoms with van der Waals surface area (Å²) in [5.74, 6) is -0.234. The molecule has 1 aromatic carbocycles. The van der Waals surface area contributed by atoms with Crippen molar-refractivity contribution in [2.45, 2.75) is 26.8 Å². The van der Waals surface area contributed by atoms with Crippen molar-refractivity contribution in [2.75, 3.05) is 0 Å². The van der Waals surface area contributed by atoms with E-state index in [1.807, 2.05) is 32.9 Å². The Kier molecular flexibility index (Phi) is 3.43. The minimum absolute atomic E-state index is 0.234. The fourth-order valence-electron chi connectivity index (χ4n) is 2.18. The standard InChI is InChI=1S/C15H17FN2/c1-9-8-12(16)5-7-13(9)15(17)14-6-4-10(2)18-11(14)3/h4-8,15H,17H2,1-3H3. The third kappa shape index (κ3) is 2.41. The van der Waals surface area contributed by atoms with Crippen molar-refractivity contribution in [1.29, 1.82) is 0 Å². The van der Waals surface area contributed by atoms with Crippen LogP contribution in [0.2, 0.25) is 0 Å². The zero-order valence-electron chi connectivity index (χ0n) is 10.9. The normalized spacial score (nSPS) is 12.5. The highest BCUT2D eigenvalue weighted by Gasteiger charge is 2.14. The van der Waals surface area contributed by atoms with Crippen LogP contribution < -0.4 is 5.73 Å². The van der Waals surface area contributed by atoms with Gasteiger partial charge < -0.3 is 5.73 Å². The lowest BCUT2D eigenvalue weighted by molar-refractivity contribution is 0.624. The van der Waals surface area contributed by atoms with Crippen molar-refractivity contribution in [1.82, 2.24) is 4.98 Å². The highest BCUT2D eigenvalue weighted by atomic mass is 19.1.